The second kappa shape index (κ2) is 6.08. The van der Waals surface area contributed by atoms with E-state index in [0.29, 0.717) is 11.9 Å². The predicted molar refractivity (Wildman–Crippen MR) is 71.2 cm³/mol. The van der Waals surface area contributed by atoms with E-state index in [4.69, 9.17) is 11.6 Å². The molecule has 0 radical (unpaired) electrons. The quantitative estimate of drug-likeness (QED) is 0.691. The molecule has 0 aliphatic heterocycles. The Kier molecular flexibility index (Phi) is 4.72. The molecule has 0 spiro atoms. The minimum Gasteiger partial charge on any atom is -0.339 e. The van der Waals surface area contributed by atoms with Crippen LogP contribution in [0.15, 0.2) is 0 Å². The number of carbonyl (C=O) groups is 1. The van der Waals surface area contributed by atoms with Gasteiger partial charge in [0.05, 0.1) is 0 Å². The van der Waals surface area contributed by atoms with Gasteiger partial charge in [-0.3, -0.25) is 4.79 Å². The lowest BCUT2D eigenvalue weighted by molar-refractivity contribution is -0.135. The standard InChI is InChI=1S/C14H24ClNO/c1-11(9-15)14(17)16(13-7-8-13)10-12-5-3-2-4-6-12/h11-13H,2-10H2,1H3. The minimum absolute atomic E-state index is 0.0131. The molecular formula is C14H24ClNO. The summed E-state index contributed by atoms with van der Waals surface area (Å²) in [6.45, 7) is 2.94. The number of alkyl halides is 1. The van der Waals surface area contributed by atoms with Gasteiger partial charge in [0, 0.05) is 24.4 Å². The zero-order chi connectivity index (χ0) is 12.3. The highest BCUT2D eigenvalue weighted by Crippen LogP contribution is 2.32. The van der Waals surface area contributed by atoms with E-state index in [1.807, 2.05) is 6.92 Å². The molecule has 1 atom stereocenters. The highest BCUT2D eigenvalue weighted by Gasteiger charge is 2.35. The van der Waals surface area contributed by atoms with Crippen LogP contribution in [0.2, 0.25) is 0 Å². The van der Waals surface area contributed by atoms with Gasteiger partial charge in [0.25, 0.3) is 0 Å². The molecule has 0 aromatic heterocycles. The number of rotatable bonds is 5. The monoisotopic (exact) mass is 257 g/mol. The van der Waals surface area contributed by atoms with E-state index in [1.165, 1.54) is 44.9 Å². The number of hydrogen-bond donors (Lipinski definition) is 0. The second-order valence-corrected chi connectivity index (χ2v) is 6.09. The number of amides is 1. The maximum Gasteiger partial charge on any atom is 0.226 e. The van der Waals surface area contributed by atoms with Gasteiger partial charge < -0.3 is 4.90 Å². The van der Waals surface area contributed by atoms with E-state index in [-0.39, 0.29) is 11.8 Å². The van der Waals surface area contributed by atoms with Gasteiger partial charge in [-0.2, -0.15) is 0 Å². The minimum atomic E-state index is -0.0131. The van der Waals surface area contributed by atoms with Crippen LogP contribution in [0.1, 0.15) is 51.9 Å². The Bertz CT molecular complexity index is 259. The molecule has 98 valence electrons. The molecule has 0 N–H and O–H groups in total. The molecule has 1 unspecified atom stereocenters. The van der Waals surface area contributed by atoms with Crippen molar-refractivity contribution in [2.24, 2.45) is 11.8 Å². The number of hydrogen-bond acceptors (Lipinski definition) is 1. The number of nitrogens with zero attached hydrogens (tertiary/aromatic N) is 1. The Hall–Kier alpha value is -0.240. The van der Waals surface area contributed by atoms with Gasteiger partial charge in [0.2, 0.25) is 5.91 Å². The third kappa shape index (κ3) is 3.61. The molecule has 0 saturated heterocycles. The molecule has 0 aromatic carbocycles. The summed E-state index contributed by atoms with van der Waals surface area (Å²) in [5, 5.41) is 0. The lowest BCUT2D eigenvalue weighted by atomic mass is 9.88. The summed E-state index contributed by atoms with van der Waals surface area (Å²) in [6, 6.07) is 0.537. The fourth-order valence-electron chi connectivity index (χ4n) is 2.80. The molecule has 2 fully saturated rings. The summed E-state index contributed by atoms with van der Waals surface area (Å²) < 4.78 is 0. The van der Waals surface area contributed by atoms with Crippen LogP contribution in [-0.2, 0) is 4.79 Å². The second-order valence-electron chi connectivity index (χ2n) is 5.78. The first kappa shape index (κ1) is 13.2. The van der Waals surface area contributed by atoms with Gasteiger partial charge in [0.1, 0.15) is 0 Å². The fraction of sp³-hybridized carbons (Fsp3) is 0.929. The van der Waals surface area contributed by atoms with Gasteiger partial charge in [-0.1, -0.05) is 26.2 Å². The molecule has 3 heteroatoms. The maximum absolute atomic E-state index is 12.3. The van der Waals surface area contributed by atoms with Crippen LogP contribution in [-0.4, -0.2) is 29.3 Å². The Labute approximate surface area is 110 Å². The van der Waals surface area contributed by atoms with Gasteiger partial charge in [-0.25, -0.2) is 0 Å². The Morgan fingerprint density at radius 3 is 2.41 bits per heavy atom. The highest BCUT2D eigenvalue weighted by atomic mass is 35.5. The van der Waals surface area contributed by atoms with Crippen molar-refractivity contribution in [2.75, 3.05) is 12.4 Å². The van der Waals surface area contributed by atoms with E-state index >= 15 is 0 Å². The van der Waals surface area contributed by atoms with Crippen LogP contribution in [0.4, 0.5) is 0 Å². The van der Waals surface area contributed by atoms with E-state index < -0.39 is 0 Å². The summed E-state index contributed by atoms with van der Waals surface area (Å²) in [6.07, 6.45) is 9.11. The average molecular weight is 258 g/mol. The summed E-state index contributed by atoms with van der Waals surface area (Å²) in [5.41, 5.74) is 0. The molecule has 2 saturated carbocycles. The Morgan fingerprint density at radius 1 is 1.24 bits per heavy atom. The summed E-state index contributed by atoms with van der Waals surface area (Å²) >= 11 is 5.81. The van der Waals surface area contributed by atoms with Crippen LogP contribution < -0.4 is 0 Å². The molecule has 2 rings (SSSR count). The molecule has 2 nitrogen and oxygen atoms in total. The van der Waals surface area contributed by atoms with Crippen molar-refractivity contribution in [2.45, 2.75) is 57.9 Å². The van der Waals surface area contributed by atoms with Crippen molar-refractivity contribution in [1.29, 1.82) is 0 Å². The van der Waals surface area contributed by atoms with Gasteiger partial charge >= 0.3 is 0 Å². The van der Waals surface area contributed by atoms with Crippen LogP contribution in [0.5, 0.6) is 0 Å². The third-order valence-electron chi connectivity index (χ3n) is 4.10. The highest BCUT2D eigenvalue weighted by molar-refractivity contribution is 6.19. The average Bonchev–Trinajstić information content (AvgIpc) is 3.19. The SMILES string of the molecule is CC(CCl)C(=O)N(CC1CCCCC1)C1CC1. The lowest BCUT2D eigenvalue weighted by Gasteiger charge is -2.31. The van der Waals surface area contributed by atoms with Gasteiger partial charge in [-0.15, -0.1) is 11.6 Å². The van der Waals surface area contributed by atoms with Crippen LogP contribution in [0.3, 0.4) is 0 Å². The first-order valence-electron chi connectivity index (χ1n) is 7.08. The molecule has 17 heavy (non-hydrogen) atoms. The van der Waals surface area contributed by atoms with Crippen molar-refractivity contribution in [3.05, 3.63) is 0 Å². The van der Waals surface area contributed by atoms with E-state index in [1.54, 1.807) is 0 Å². The van der Waals surface area contributed by atoms with Crippen molar-refractivity contribution < 1.29 is 4.79 Å². The smallest absolute Gasteiger partial charge is 0.226 e. The lowest BCUT2D eigenvalue weighted by Crippen LogP contribution is -2.41. The van der Waals surface area contributed by atoms with Crippen LogP contribution in [0.25, 0.3) is 0 Å². The molecular weight excluding hydrogens is 234 g/mol. The summed E-state index contributed by atoms with van der Waals surface area (Å²) in [7, 11) is 0. The largest absolute Gasteiger partial charge is 0.339 e. The molecule has 2 aliphatic rings. The van der Waals surface area contributed by atoms with Gasteiger partial charge in [-0.05, 0) is 31.6 Å². The van der Waals surface area contributed by atoms with E-state index in [0.717, 1.165) is 12.5 Å². The molecule has 0 heterocycles. The van der Waals surface area contributed by atoms with E-state index in [9.17, 15) is 4.79 Å². The number of carbonyl (C=O) groups excluding carboxylic acids is 1. The van der Waals surface area contributed by atoms with E-state index in [2.05, 4.69) is 4.90 Å². The van der Waals surface area contributed by atoms with Crippen molar-refractivity contribution in [1.82, 2.24) is 4.90 Å². The molecule has 1 amide bonds. The van der Waals surface area contributed by atoms with Gasteiger partial charge in [0.15, 0.2) is 0 Å². The van der Waals surface area contributed by atoms with Crippen molar-refractivity contribution in [3.63, 3.8) is 0 Å². The van der Waals surface area contributed by atoms with Crippen molar-refractivity contribution in [3.8, 4) is 0 Å². The van der Waals surface area contributed by atoms with Crippen LogP contribution in [0, 0.1) is 11.8 Å². The first-order chi connectivity index (χ1) is 8.22. The number of halogens is 1. The topological polar surface area (TPSA) is 20.3 Å². The Morgan fingerprint density at radius 2 is 1.88 bits per heavy atom. The molecule has 0 bridgehead atoms. The fourth-order valence-corrected chi connectivity index (χ4v) is 2.93. The van der Waals surface area contributed by atoms with Crippen molar-refractivity contribution >= 4 is 17.5 Å². The summed E-state index contributed by atoms with van der Waals surface area (Å²) in [5.74, 6) is 1.47. The van der Waals surface area contributed by atoms with Crippen LogP contribution >= 0.6 is 11.6 Å². The normalized spacial score (nSPS) is 23.4. The molecule has 2 aliphatic carbocycles. The summed E-state index contributed by atoms with van der Waals surface area (Å²) in [4.78, 5) is 14.4. The zero-order valence-corrected chi connectivity index (χ0v) is 11.6. The maximum atomic E-state index is 12.3. The first-order valence-corrected chi connectivity index (χ1v) is 7.62. The Balaban J connectivity index is 1.89. The zero-order valence-electron chi connectivity index (χ0n) is 10.8. The third-order valence-corrected chi connectivity index (χ3v) is 4.57. The molecule has 0 aromatic rings. The predicted octanol–water partition coefficient (Wildman–Crippen LogP) is 3.43.